The van der Waals surface area contributed by atoms with Crippen LogP contribution < -0.4 is 9.79 Å². The van der Waals surface area contributed by atoms with Crippen LogP contribution in [0.15, 0.2) is 0 Å². The fourth-order valence-electron chi connectivity index (χ4n) is 0. The molecule has 0 spiro atoms. The monoisotopic (exact) mass is 254 g/mol. The summed E-state index contributed by atoms with van der Waals surface area (Å²) in [4.78, 5) is 31.2. The van der Waals surface area contributed by atoms with Crippen molar-refractivity contribution in [1.82, 2.24) is 0 Å². The number of hydrogen-bond donors (Lipinski definition) is 2. The second-order valence-corrected chi connectivity index (χ2v) is 1.63. The number of hydrogen-bond acceptors (Lipinski definition) is 4. The number of rotatable bonds is 0. The van der Waals surface area contributed by atoms with Gasteiger partial charge >= 0.3 is 17.9 Å². The molecule has 2 atom stereocenters. The Morgan fingerprint density at radius 3 is 1.33 bits per heavy atom. The van der Waals surface area contributed by atoms with Crippen LogP contribution in [0.4, 0.5) is 0 Å². The zero-order valence-electron chi connectivity index (χ0n) is 6.71. The quantitative estimate of drug-likeness (QED) is 0.278. The molecule has 0 heterocycles. The molecule has 12 heavy (non-hydrogen) atoms. The van der Waals surface area contributed by atoms with Gasteiger partial charge in [0.25, 0.3) is 0 Å². The smallest absolute Gasteiger partial charge is 0.567 e. The average Bonchev–Trinajstić information content (AvgIpc) is 1.60. The van der Waals surface area contributed by atoms with E-state index in [1.165, 1.54) is 0 Å². The molecule has 0 fully saturated rings. The van der Waals surface area contributed by atoms with Crippen molar-refractivity contribution in [1.29, 1.82) is 0 Å². The van der Waals surface area contributed by atoms with Crippen molar-refractivity contribution in [2.75, 3.05) is 6.61 Å². The van der Waals surface area contributed by atoms with Crippen LogP contribution in [0.3, 0.4) is 0 Å². The van der Waals surface area contributed by atoms with E-state index >= 15 is 0 Å². The van der Waals surface area contributed by atoms with Gasteiger partial charge in [0.15, 0.2) is 0 Å². The topological polar surface area (TPSA) is 144 Å². The second kappa shape index (κ2) is 22.6. The summed E-state index contributed by atoms with van der Waals surface area (Å²) in [5.41, 5.74) is 0. The minimum absolute atomic E-state index is 0. The molecule has 0 aliphatic heterocycles. The van der Waals surface area contributed by atoms with E-state index in [9.17, 15) is 0 Å². The Morgan fingerprint density at radius 2 is 1.33 bits per heavy atom. The van der Waals surface area contributed by atoms with Gasteiger partial charge in [0, 0.05) is 28.6 Å². The molecule has 0 aliphatic rings. The normalized spacial score (nSPS) is 8.83. The molecule has 0 aromatic heterocycles. The minimum atomic E-state index is -3.12. The fraction of sp³-hybridized carbons (Fsp3) is 0.500. The second-order valence-electron chi connectivity index (χ2n) is 0.680. The molecular formula is C2H8O7P2Ti+2. The van der Waals surface area contributed by atoms with Gasteiger partial charge in [-0.15, -0.1) is 0 Å². The van der Waals surface area contributed by atoms with E-state index in [-0.39, 0.29) is 29.8 Å². The summed E-state index contributed by atoms with van der Waals surface area (Å²) in [6.07, 6.45) is 0. The maximum Gasteiger partial charge on any atom is 1.00 e. The largest absolute Gasteiger partial charge is 1.00 e. The SMILES string of the molecule is O=[P+]([O-])O.O=[P+]([O-])O.[CH]C[OH2+].[H+].[Ti]. The van der Waals surface area contributed by atoms with Crippen LogP contribution in [0.1, 0.15) is 1.43 Å². The van der Waals surface area contributed by atoms with Crippen LogP contribution in [0.5, 0.6) is 0 Å². The maximum atomic E-state index is 8.59. The van der Waals surface area contributed by atoms with E-state index in [0.717, 1.165) is 0 Å². The molecule has 70 valence electrons. The van der Waals surface area contributed by atoms with Crippen molar-refractivity contribution in [3.05, 3.63) is 6.92 Å². The molecule has 0 amide bonds. The summed E-state index contributed by atoms with van der Waals surface area (Å²) in [6, 6.07) is 0. The Balaban J connectivity index is -0.0000000231. The first-order valence-electron chi connectivity index (χ1n) is 1.89. The Morgan fingerprint density at radius 1 is 1.33 bits per heavy atom. The van der Waals surface area contributed by atoms with Crippen LogP contribution in [-0.2, 0) is 30.8 Å². The first-order valence-corrected chi connectivity index (χ1v) is 4.15. The summed E-state index contributed by atoms with van der Waals surface area (Å²) in [5, 5.41) is 5.99. The van der Waals surface area contributed by atoms with E-state index in [4.69, 9.17) is 33.8 Å². The van der Waals surface area contributed by atoms with Crippen molar-refractivity contribution in [3.63, 3.8) is 0 Å². The molecule has 0 aromatic rings. The molecular weight excluding hydrogens is 246 g/mol. The summed E-state index contributed by atoms with van der Waals surface area (Å²) in [5.74, 6) is 0. The van der Waals surface area contributed by atoms with Crippen LogP contribution in [0.2, 0.25) is 0 Å². The molecule has 0 aliphatic carbocycles. The fourth-order valence-corrected chi connectivity index (χ4v) is 0. The van der Waals surface area contributed by atoms with Gasteiger partial charge in [0.2, 0.25) is 0 Å². The Bertz CT molecular complexity index is 92.7. The van der Waals surface area contributed by atoms with Gasteiger partial charge in [0.1, 0.15) is 6.61 Å². The van der Waals surface area contributed by atoms with Crippen molar-refractivity contribution >= 4 is 16.5 Å². The summed E-state index contributed by atoms with van der Waals surface area (Å²) in [7, 11) is -6.24. The van der Waals surface area contributed by atoms with Crippen molar-refractivity contribution in [2.24, 2.45) is 0 Å². The van der Waals surface area contributed by atoms with E-state index in [1.807, 2.05) is 0 Å². The Hall–Kier alpha value is 0.714. The summed E-state index contributed by atoms with van der Waals surface area (Å²) in [6.45, 7) is 4.51. The zero-order chi connectivity index (χ0) is 9.86. The Kier molecular flexibility index (Phi) is 43.3. The van der Waals surface area contributed by atoms with Crippen molar-refractivity contribution in [3.8, 4) is 0 Å². The van der Waals surface area contributed by atoms with Gasteiger partial charge in [-0.3, -0.25) is 0 Å². The molecule has 0 aromatic carbocycles. The standard InChI is InChI=1S/C2H4O.2HO3P.Ti/c1-2-3;2*1-4(2)3;/h1,3H,2H2;2*(H,1,2,3);/p+2. The molecule has 0 rings (SSSR count). The van der Waals surface area contributed by atoms with Crippen LogP contribution in [0, 0.1) is 6.92 Å². The first-order chi connectivity index (χ1) is 4.88. The third-order valence-electron chi connectivity index (χ3n) is 0. The molecule has 4 N–H and O–H groups in total. The van der Waals surface area contributed by atoms with Gasteiger partial charge in [-0.2, -0.15) is 9.79 Å². The predicted molar refractivity (Wildman–Crippen MR) is 33.5 cm³/mol. The molecule has 0 bridgehead atoms. The molecule has 10 heteroatoms. The predicted octanol–water partition coefficient (Wildman–Crippen LogP) is -2.48. The van der Waals surface area contributed by atoms with Gasteiger partial charge < -0.3 is 14.9 Å². The van der Waals surface area contributed by atoms with Crippen molar-refractivity contribution in [2.45, 2.75) is 0 Å². The van der Waals surface area contributed by atoms with Crippen LogP contribution in [0.25, 0.3) is 0 Å². The minimum Gasteiger partial charge on any atom is -0.567 e. The van der Waals surface area contributed by atoms with Gasteiger partial charge in [0.05, 0.1) is 0 Å². The van der Waals surface area contributed by atoms with Crippen LogP contribution in [-0.4, -0.2) is 21.5 Å². The van der Waals surface area contributed by atoms with Crippen LogP contribution >= 0.6 is 16.5 Å². The van der Waals surface area contributed by atoms with Gasteiger partial charge in [-0.25, -0.2) is 0 Å². The van der Waals surface area contributed by atoms with E-state index < -0.39 is 16.5 Å². The molecule has 2 radical (unpaired) electrons. The Labute approximate surface area is 87.3 Å². The molecule has 0 saturated heterocycles. The summed E-state index contributed by atoms with van der Waals surface area (Å²) >= 11 is 0. The summed E-state index contributed by atoms with van der Waals surface area (Å²) < 4.78 is 17.2. The first kappa shape index (κ1) is 23.0. The molecule has 2 unspecified atom stereocenters. The molecule has 0 saturated carbocycles. The zero-order valence-corrected chi connectivity index (χ0v) is 9.06. The van der Waals surface area contributed by atoms with Gasteiger partial charge in [-0.1, -0.05) is 0 Å². The average molecular weight is 254 g/mol. The van der Waals surface area contributed by atoms with Gasteiger partial charge in [-0.05, 0) is 9.13 Å². The van der Waals surface area contributed by atoms with Crippen molar-refractivity contribution < 1.29 is 57.0 Å². The maximum absolute atomic E-state index is 8.59. The van der Waals surface area contributed by atoms with E-state index in [0.29, 0.717) is 0 Å². The van der Waals surface area contributed by atoms with E-state index in [1.54, 1.807) is 0 Å². The third-order valence-corrected chi connectivity index (χ3v) is 0. The third kappa shape index (κ3) is 1980. The van der Waals surface area contributed by atoms with E-state index in [2.05, 4.69) is 6.92 Å². The molecule has 7 nitrogen and oxygen atoms in total.